The maximum atomic E-state index is 12.4. The van der Waals surface area contributed by atoms with E-state index in [2.05, 4.69) is 4.98 Å². The molecule has 0 bridgehead atoms. The van der Waals surface area contributed by atoms with Crippen LogP contribution in [0.3, 0.4) is 0 Å². The van der Waals surface area contributed by atoms with E-state index in [1.807, 2.05) is 6.07 Å². The summed E-state index contributed by atoms with van der Waals surface area (Å²) in [6, 6.07) is 8.84. The molecule has 2 heterocycles. The van der Waals surface area contributed by atoms with Gasteiger partial charge >= 0.3 is 0 Å². The summed E-state index contributed by atoms with van der Waals surface area (Å²) in [5, 5.41) is 0. The number of fused-ring (bicyclic) bond motifs is 1. The minimum absolute atomic E-state index is 0.116. The standard InChI is InChI=1S/C15H14N2O3/c1-17(12-3-2-6-16-10-12)15(18)11-4-5-13-14(9-11)20-8-7-19-13/h2-6,9-10H,7-8H2,1H3. The number of hydrogen-bond acceptors (Lipinski definition) is 4. The molecule has 2 aromatic rings. The van der Waals surface area contributed by atoms with E-state index < -0.39 is 0 Å². The molecule has 1 amide bonds. The zero-order valence-electron chi connectivity index (χ0n) is 11.1. The predicted molar refractivity (Wildman–Crippen MR) is 74.4 cm³/mol. The highest BCUT2D eigenvalue weighted by Crippen LogP contribution is 2.31. The van der Waals surface area contributed by atoms with Crippen LogP contribution < -0.4 is 14.4 Å². The molecule has 0 fully saturated rings. The number of pyridine rings is 1. The van der Waals surface area contributed by atoms with Crippen LogP contribution >= 0.6 is 0 Å². The first kappa shape index (κ1) is 12.5. The normalized spacial score (nSPS) is 12.8. The van der Waals surface area contributed by atoms with Gasteiger partial charge in [-0.25, -0.2) is 0 Å². The number of amides is 1. The van der Waals surface area contributed by atoms with Crippen molar-refractivity contribution in [2.24, 2.45) is 0 Å². The summed E-state index contributed by atoms with van der Waals surface area (Å²) >= 11 is 0. The molecule has 0 spiro atoms. The zero-order valence-corrected chi connectivity index (χ0v) is 11.1. The van der Waals surface area contributed by atoms with Crippen molar-refractivity contribution in [3.05, 3.63) is 48.3 Å². The molecule has 3 rings (SSSR count). The van der Waals surface area contributed by atoms with Gasteiger partial charge in [0.1, 0.15) is 13.2 Å². The van der Waals surface area contributed by atoms with Crippen LogP contribution in [0.15, 0.2) is 42.7 Å². The topological polar surface area (TPSA) is 51.7 Å². The fraction of sp³-hybridized carbons (Fsp3) is 0.200. The maximum Gasteiger partial charge on any atom is 0.258 e. The van der Waals surface area contributed by atoms with Crippen molar-refractivity contribution in [2.45, 2.75) is 0 Å². The summed E-state index contributed by atoms with van der Waals surface area (Å²) in [6.45, 7) is 1.04. The molecule has 102 valence electrons. The summed E-state index contributed by atoms with van der Waals surface area (Å²) in [4.78, 5) is 18.0. The van der Waals surface area contributed by atoms with Crippen molar-refractivity contribution in [3.8, 4) is 11.5 Å². The third kappa shape index (κ3) is 2.30. The molecule has 1 aliphatic heterocycles. The third-order valence-electron chi connectivity index (χ3n) is 3.13. The Morgan fingerprint density at radius 2 is 2.00 bits per heavy atom. The largest absolute Gasteiger partial charge is 0.486 e. The Bertz CT molecular complexity index is 628. The number of rotatable bonds is 2. The fourth-order valence-corrected chi connectivity index (χ4v) is 2.04. The minimum Gasteiger partial charge on any atom is -0.486 e. The van der Waals surface area contributed by atoms with E-state index in [0.717, 1.165) is 5.69 Å². The predicted octanol–water partition coefficient (Wildman–Crippen LogP) is 2.13. The number of benzene rings is 1. The number of carbonyl (C=O) groups excluding carboxylic acids is 1. The smallest absolute Gasteiger partial charge is 0.258 e. The van der Waals surface area contributed by atoms with Crippen molar-refractivity contribution in [3.63, 3.8) is 0 Å². The SMILES string of the molecule is CN(C(=O)c1ccc2c(c1)OCCO2)c1cccnc1. The highest BCUT2D eigenvalue weighted by atomic mass is 16.6. The van der Waals surface area contributed by atoms with Gasteiger partial charge in [-0.3, -0.25) is 9.78 Å². The van der Waals surface area contributed by atoms with Gasteiger partial charge < -0.3 is 14.4 Å². The van der Waals surface area contributed by atoms with Gasteiger partial charge in [0.15, 0.2) is 11.5 Å². The van der Waals surface area contributed by atoms with Crippen LogP contribution in [0.1, 0.15) is 10.4 Å². The second kappa shape index (κ2) is 5.21. The molecule has 0 saturated heterocycles. The van der Waals surface area contributed by atoms with Gasteiger partial charge in [-0.1, -0.05) is 0 Å². The highest BCUT2D eigenvalue weighted by Gasteiger charge is 2.18. The van der Waals surface area contributed by atoms with Crippen LogP contribution in [0.25, 0.3) is 0 Å². The van der Waals surface area contributed by atoms with Gasteiger partial charge in [-0.15, -0.1) is 0 Å². The fourth-order valence-electron chi connectivity index (χ4n) is 2.04. The van der Waals surface area contributed by atoms with Crippen LogP contribution in [-0.2, 0) is 0 Å². The average molecular weight is 270 g/mol. The Morgan fingerprint density at radius 1 is 1.20 bits per heavy atom. The second-order valence-corrected chi connectivity index (χ2v) is 4.43. The molecule has 0 saturated carbocycles. The van der Waals surface area contributed by atoms with Gasteiger partial charge in [-0.05, 0) is 30.3 Å². The average Bonchev–Trinajstić information content (AvgIpc) is 2.54. The van der Waals surface area contributed by atoms with Crippen LogP contribution in [-0.4, -0.2) is 31.2 Å². The summed E-state index contributed by atoms with van der Waals surface area (Å²) in [6.07, 6.45) is 3.32. The van der Waals surface area contributed by atoms with Crippen LogP contribution in [0, 0.1) is 0 Å². The molecule has 0 aliphatic carbocycles. The first-order valence-corrected chi connectivity index (χ1v) is 6.33. The Hall–Kier alpha value is -2.56. The van der Waals surface area contributed by atoms with Crippen molar-refractivity contribution in [2.75, 3.05) is 25.2 Å². The van der Waals surface area contributed by atoms with Crippen LogP contribution in [0.2, 0.25) is 0 Å². The van der Waals surface area contributed by atoms with Crippen LogP contribution in [0.5, 0.6) is 11.5 Å². The molecule has 1 aromatic heterocycles. The Morgan fingerprint density at radius 3 is 2.75 bits per heavy atom. The quantitative estimate of drug-likeness (QED) is 0.839. The molecule has 0 N–H and O–H groups in total. The number of nitrogens with zero attached hydrogens (tertiary/aromatic N) is 2. The lowest BCUT2D eigenvalue weighted by atomic mass is 10.1. The van der Waals surface area contributed by atoms with E-state index in [1.54, 1.807) is 48.6 Å². The molecule has 5 nitrogen and oxygen atoms in total. The molecule has 1 aromatic carbocycles. The van der Waals surface area contributed by atoms with E-state index in [0.29, 0.717) is 30.3 Å². The highest BCUT2D eigenvalue weighted by molar-refractivity contribution is 6.06. The van der Waals surface area contributed by atoms with Crippen molar-refractivity contribution >= 4 is 11.6 Å². The number of aromatic nitrogens is 1. The minimum atomic E-state index is -0.116. The summed E-state index contributed by atoms with van der Waals surface area (Å²) < 4.78 is 10.9. The van der Waals surface area contributed by atoms with Gasteiger partial charge in [0.25, 0.3) is 5.91 Å². The Labute approximate surface area is 116 Å². The van der Waals surface area contributed by atoms with E-state index >= 15 is 0 Å². The molecule has 5 heteroatoms. The van der Waals surface area contributed by atoms with E-state index in [-0.39, 0.29) is 5.91 Å². The van der Waals surface area contributed by atoms with Crippen molar-refractivity contribution in [1.29, 1.82) is 0 Å². The summed E-state index contributed by atoms with van der Waals surface area (Å²) in [5.74, 6) is 1.17. The van der Waals surface area contributed by atoms with E-state index in [9.17, 15) is 4.79 Å². The molecular weight excluding hydrogens is 256 g/mol. The second-order valence-electron chi connectivity index (χ2n) is 4.43. The Kier molecular flexibility index (Phi) is 3.25. The molecule has 1 aliphatic rings. The molecule has 20 heavy (non-hydrogen) atoms. The first-order chi connectivity index (χ1) is 9.75. The zero-order chi connectivity index (χ0) is 13.9. The lowest BCUT2D eigenvalue weighted by Gasteiger charge is -2.20. The van der Waals surface area contributed by atoms with Crippen LogP contribution in [0.4, 0.5) is 5.69 Å². The molecule has 0 unspecified atom stereocenters. The number of ether oxygens (including phenoxy) is 2. The third-order valence-corrected chi connectivity index (χ3v) is 3.13. The number of hydrogen-bond donors (Lipinski definition) is 0. The first-order valence-electron chi connectivity index (χ1n) is 6.33. The molecule has 0 atom stereocenters. The van der Waals surface area contributed by atoms with Crippen molar-refractivity contribution < 1.29 is 14.3 Å². The number of carbonyl (C=O) groups is 1. The van der Waals surface area contributed by atoms with Gasteiger partial charge in [0.05, 0.1) is 11.9 Å². The Balaban J connectivity index is 1.87. The van der Waals surface area contributed by atoms with Gasteiger partial charge in [0, 0.05) is 18.8 Å². The van der Waals surface area contributed by atoms with E-state index in [4.69, 9.17) is 9.47 Å². The van der Waals surface area contributed by atoms with Gasteiger partial charge in [-0.2, -0.15) is 0 Å². The number of anilines is 1. The summed E-state index contributed by atoms with van der Waals surface area (Å²) in [5.41, 5.74) is 1.30. The molecule has 0 radical (unpaired) electrons. The van der Waals surface area contributed by atoms with Crippen molar-refractivity contribution in [1.82, 2.24) is 4.98 Å². The lowest BCUT2D eigenvalue weighted by molar-refractivity contribution is 0.0991. The maximum absolute atomic E-state index is 12.4. The van der Waals surface area contributed by atoms with Gasteiger partial charge in [0.2, 0.25) is 0 Å². The van der Waals surface area contributed by atoms with E-state index in [1.165, 1.54) is 0 Å². The summed E-state index contributed by atoms with van der Waals surface area (Å²) in [7, 11) is 1.72. The lowest BCUT2D eigenvalue weighted by Crippen LogP contribution is -2.26. The monoisotopic (exact) mass is 270 g/mol. The molecular formula is C15H14N2O3.